The normalized spacial score (nSPS) is 11.8. The van der Waals surface area contributed by atoms with Crippen LogP contribution < -0.4 is 15.4 Å². The Hall–Kier alpha value is -2.96. The van der Waals surface area contributed by atoms with E-state index < -0.39 is 29.5 Å². The molecule has 0 heterocycles. The van der Waals surface area contributed by atoms with Crippen molar-refractivity contribution in [1.82, 2.24) is 5.32 Å². The molecule has 0 radical (unpaired) electrons. The van der Waals surface area contributed by atoms with E-state index in [1.165, 1.54) is 7.11 Å². The van der Waals surface area contributed by atoms with Gasteiger partial charge in [-0.05, 0) is 42.3 Å². The fraction of sp³-hybridized carbons (Fsp3) is 0.263. The molecule has 1 unspecified atom stereocenters. The lowest BCUT2D eigenvalue weighted by Crippen LogP contribution is -2.47. The maximum absolute atomic E-state index is 13.3. The monoisotopic (exact) mass is 362 g/mol. The number of benzene rings is 2. The molecule has 0 saturated carbocycles. The second-order valence-corrected chi connectivity index (χ2v) is 6.07. The highest BCUT2D eigenvalue weighted by molar-refractivity contribution is 6.01. The van der Waals surface area contributed by atoms with Gasteiger partial charge < -0.3 is 15.4 Å². The number of nitrogens with one attached hydrogen (secondary N) is 2. The van der Waals surface area contributed by atoms with Gasteiger partial charge in [0.25, 0.3) is 5.91 Å². The van der Waals surface area contributed by atoms with Crippen LogP contribution in [0.5, 0.6) is 5.75 Å². The molecule has 138 valence electrons. The van der Waals surface area contributed by atoms with E-state index in [2.05, 4.69) is 10.6 Å². The molecule has 0 aliphatic heterocycles. The zero-order valence-electron chi connectivity index (χ0n) is 14.7. The van der Waals surface area contributed by atoms with Crippen molar-refractivity contribution in [2.45, 2.75) is 19.9 Å². The number of rotatable bonds is 6. The summed E-state index contributed by atoms with van der Waals surface area (Å²) in [5, 5.41) is 5.07. The van der Waals surface area contributed by atoms with E-state index in [-0.39, 0.29) is 11.6 Å². The third-order valence-electron chi connectivity index (χ3n) is 3.72. The van der Waals surface area contributed by atoms with Gasteiger partial charge in [0, 0.05) is 17.3 Å². The minimum absolute atomic E-state index is 0.0168. The Labute approximate surface area is 150 Å². The molecule has 5 nitrogen and oxygen atoms in total. The molecule has 0 aliphatic rings. The molecule has 0 aromatic heterocycles. The minimum Gasteiger partial charge on any atom is -0.497 e. The number of carbonyl (C=O) groups excluding carboxylic acids is 2. The molecule has 2 amide bonds. The molecule has 0 fully saturated rings. The SMILES string of the molecule is COc1ccc(C(=O)NC(C(=O)Nc2cc(F)cc(F)c2)C(C)C)cc1. The minimum atomic E-state index is -0.879. The van der Waals surface area contributed by atoms with Crippen molar-refractivity contribution in [1.29, 1.82) is 0 Å². The standard InChI is InChI=1S/C19H20F2N2O3/c1-11(2)17(19(25)22-15-9-13(20)8-14(21)10-15)23-18(24)12-4-6-16(26-3)7-5-12/h4-11,17H,1-3H3,(H,22,25)(H,23,24). The maximum atomic E-state index is 13.3. The molecule has 7 heteroatoms. The molecule has 0 saturated heterocycles. The van der Waals surface area contributed by atoms with Crippen molar-refractivity contribution in [2.24, 2.45) is 5.92 Å². The van der Waals surface area contributed by atoms with E-state index in [1.54, 1.807) is 38.1 Å². The Bertz CT molecular complexity index is 772. The summed E-state index contributed by atoms with van der Waals surface area (Å²) in [4.78, 5) is 24.8. The van der Waals surface area contributed by atoms with Gasteiger partial charge in [0.1, 0.15) is 23.4 Å². The second-order valence-electron chi connectivity index (χ2n) is 6.07. The van der Waals surface area contributed by atoms with Gasteiger partial charge in [-0.3, -0.25) is 9.59 Å². The van der Waals surface area contributed by atoms with Crippen molar-refractivity contribution < 1.29 is 23.1 Å². The van der Waals surface area contributed by atoms with E-state index in [0.29, 0.717) is 17.4 Å². The zero-order valence-corrected chi connectivity index (χ0v) is 14.7. The summed E-state index contributed by atoms with van der Waals surface area (Å²) in [6, 6.07) is 8.26. The summed E-state index contributed by atoms with van der Waals surface area (Å²) >= 11 is 0. The Balaban J connectivity index is 2.11. The van der Waals surface area contributed by atoms with Crippen LogP contribution in [-0.4, -0.2) is 25.0 Å². The Morgan fingerprint density at radius 3 is 2.08 bits per heavy atom. The predicted molar refractivity (Wildman–Crippen MR) is 94.1 cm³/mol. The topological polar surface area (TPSA) is 67.4 Å². The molecular weight excluding hydrogens is 342 g/mol. The van der Waals surface area contributed by atoms with Crippen LogP contribution in [0.2, 0.25) is 0 Å². The van der Waals surface area contributed by atoms with Crippen LogP contribution in [0.25, 0.3) is 0 Å². The molecule has 0 spiro atoms. The molecule has 2 rings (SSSR count). The predicted octanol–water partition coefficient (Wildman–Crippen LogP) is 3.37. The molecular formula is C19H20F2N2O3. The first-order valence-electron chi connectivity index (χ1n) is 8.02. The number of anilines is 1. The first-order chi connectivity index (χ1) is 12.3. The van der Waals surface area contributed by atoms with Gasteiger partial charge in [-0.1, -0.05) is 13.8 Å². The summed E-state index contributed by atoms with van der Waals surface area (Å²) < 4.78 is 31.6. The number of amides is 2. The zero-order chi connectivity index (χ0) is 19.3. The van der Waals surface area contributed by atoms with Crippen LogP contribution in [0.15, 0.2) is 42.5 Å². The van der Waals surface area contributed by atoms with Crippen molar-refractivity contribution in [3.63, 3.8) is 0 Å². The Morgan fingerprint density at radius 2 is 1.58 bits per heavy atom. The van der Waals surface area contributed by atoms with Crippen LogP contribution in [0.1, 0.15) is 24.2 Å². The van der Waals surface area contributed by atoms with Gasteiger partial charge in [0.05, 0.1) is 7.11 Å². The molecule has 0 aliphatic carbocycles. The van der Waals surface area contributed by atoms with Gasteiger partial charge in [-0.15, -0.1) is 0 Å². The lowest BCUT2D eigenvalue weighted by Gasteiger charge is -2.22. The van der Waals surface area contributed by atoms with Gasteiger partial charge in [-0.25, -0.2) is 8.78 Å². The summed E-state index contributed by atoms with van der Waals surface area (Å²) in [5.74, 6) is -2.24. The maximum Gasteiger partial charge on any atom is 0.251 e. The van der Waals surface area contributed by atoms with Crippen LogP contribution in [-0.2, 0) is 4.79 Å². The number of halogens is 2. The van der Waals surface area contributed by atoms with Crippen molar-refractivity contribution in [3.05, 3.63) is 59.7 Å². The average molecular weight is 362 g/mol. The number of hydrogen-bond acceptors (Lipinski definition) is 3. The molecule has 2 aromatic carbocycles. The van der Waals surface area contributed by atoms with Gasteiger partial charge in [0.2, 0.25) is 5.91 Å². The first kappa shape index (κ1) is 19.4. The largest absolute Gasteiger partial charge is 0.497 e. The highest BCUT2D eigenvalue weighted by Crippen LogP contribution is 2.15. The van der Waals surface area contributed by atoms with E-state index in [0.717, 1.165) is 12.1 Å². The lowest BCUT2D eigenvalue weighted by molar-refractivity contribution is -0.118. The quantitative estimate of drug-likeness (QED) is 0.828. The Morgan fingerprint density at radius 1 is 1.00 bits per heavy atom. The first-order valence-corrected chi connectivity index (χ1v) is 8.02. The van der Waals surface area contributed by atoms with Gasteiger partial charge >= 0.3 is 0 Å². The summed E-state index contributed by atoms with van der Waals surface area (Å²) in [7, 11) is 1.52. The van der Waals surface area contributed by atoms with E-state index in [1.807, 2.05) is 0 Å². The molecule has 2 N–H and O–H groups in total. The van der Waals surface area contributed by atoms with Crippen molar-refractivity contribution >= 4 is 17.5 Å². The Kier molecular flexibility index (Phi) is 6.27. The second kappa shape index (κ2) is 8.42. The van der Waals surface area contributed by atoms with Crippen molar-refractivity contribution in [3.8, 4) is 5.75 Å². The van der Waals surface area contributed by atoms with Crippen LogP contribution in [0.4, 0.5) is 14.5 Å². The van der Waals surface area contributed by atoms with Crippen LogP contribution in [0, 0.1) is 17.6 Å². The third-order valence-corrected chi connectivity index (χ3v) is 3.72. The lowest BCUT2D eigenvalue weighted by atomic mass is 10.0. The molecule has 26 heavy (non-hydrogen) atoms. The van der Waals surface area contributed by atoms with E-state index >= 15 is 0 Å². The average Bonchev–Trinajstić information content (AvgIpc) is 2.58. The highest BCUT2D eigenvalue weighted by atomic mass is 19.1. The fourth-order valence-corrected chi connectivity index (χ4v) is 2.35. The summed E-state index contributed by atoms with van der Waals surface area (Å²) in [5.41, 5.74) is 0.345. The van der Waals surface area contributed by atoms with Gasteiger partial charge in [0.15, 0.2) is 0 Å². The van der Waals surface area contributed by atoms with Gasteiger partial charge in [-0.2, -0.15) is 0 Å². The van der Waals surface area contributed by atoms with Crippen molar-refractivity contribution in [2.75, 3.05) is 12.4 Å². The smallest absolute Gasteiger partial charge is 0.251 e. The van der Waals surface area contributed by atoms with Crippen LogP contribution >= 0.6 is 0 Å². The number of hydrogen-bond donors (Lipinski definition) is 2. The number of carbonyl (C=O) groups is 2. The molecule has 1 atom stereocenters. The fourth-order valence-electron chi connectivity index (χ4n) is 2.35. The van der Waals surface area contributed by atoms with E-state index in [9.17, 15) is 18.4 Å². The van der Waals surface area contributed by atoms with E-state index in [4.69, 9.17) is 4.74 Å². The third kappa shape index (κ3) is 5.02. The molecule has 0 bridgehead atoms. The molecule has 2 aromatic rings. The van der Waals surface area contributed by atoms with Crippen LogP contribution in [0.3, 0.4) is 0 Å². The summed E-state index contributed by atoms with van der Waals surface area (Å²) in [6.07, 6.45) is 0. The number of ether oxygens (including phenoxy) is 1. The highest BCUT2D eigenvalue weighted by Gasteiger charge is 2.25. The summed E-state index contributed by atoms with van der Waals surface area (Å²) in [6.45, 7) is 3.51. The number of methoxy groups -OCH3 is 1.